The standard InChI is InChI=1S/C37H64N2O7SSi2/c1-23(2)27-18-28(24(3)4)33(29(19-27)25(5)6)47(41,42)45-34-26(7)21-39(35(40)38-34)32-20-30(46-49(16,17)37(11,12)13)31(44-32)22-43-48(14,15)36(8,9)10/h18-19,21,23-25,30-32H,20,22H2,1-17H3. The summed E-state index contributed by atoms with van der Waals surface area (Å²) in [6, 6.07) is 3.92. The molecule has 1 aliphatic heterocycles. The van der Waals surface area contributed by atoms with Gasteiger partial charge in [0.05, 0.1) is 12.7 Å². The van der Waals surface area contributed by atoms with E-state index in [1.165, 1.54) is 4.57 Å². The SMILES string of the molecule is Cc1cn(C2CC(O[Si](C)(C)C(C)(C)C)C(CO[Si](C)(C)C(C)(C)C)O2)c(=O)nc1OS(=O)(=O)c1c(C(C)C)cc(C(C)C)cc1C(C)C. The van der Waals surface area contributed by atoms with E-state index in [-0.39, 0.29) is 50.8 Å². The number of ether oxygens (including phenoxy) is 1. The van der Waals surface area contributed by atoms with E-state index in [0.717, 1.165) is 5.56 Å². The molecule has 0 bridgehead atoms. The third kappa shape index (κ3) is 9.34. The van der Waals surface area contributed by atoms with E-state index in [0.29, 0.717) is 29.7 Å². The van der Waals surface area contributed by atoms with Gasteiger partial charge in [-0.1, -0.05) is 95.2 Å². The number of hydrogen-bond donors (Lipinski definition) is 0. The highest BCUT2D eigenvalue weighted by Crippen LogP contribution is 2.43. The van der Waals surface area contributed by atoms with Gasteiger partial charge in [0.2, 0.25) is 5.88 Å². The zero-order valence-corrected chi connectivity index (χ0v) is 36.1. The second-order valence-corrected chi connectivity index (χ2v) is 28.9. The molecule has 1 aromatic carbocycles. The van der Waals surface area contributed by atoms with Crippen molar-refractivity contribution in [3.63, 3.8) is 0 Å². The number of nitrogens with zero attached hydrogens (tertiary/aromatic N) is 2. The largest absolute Gasteiger partial charge is 0.414 e. The van der Waals surface area contributed by atoms with Crippen LogP contribution < -0.4 is 9.87 Å². The monoisotopic (exact) mass is 736 g/mol. The smallest absolute Gasteiger partial charge is 0.353 e. The zero-order chi connectivity index (χ0) is 37.7. The maximum atomic E-state index is 14.0. The van der Waals surface area contributed by atoms with Crippen LogP contribution >= 0.6 is 0 Å². The second kappa shape index (κ2) is 14.7. The summed E-state index contributed by atoms with van der Waals surface area (Å²) in [7, 11) is -8.62. The third-order valence-electron chi connectivity index (χ3n) is 10.8. The van der Waals surface area contributed by atoms with Gasteiger partial charge < -0.3 is 17.8 Å². The molecule has 49 heavy (non-hydrogen) atoms. The van der Waals surface area contributed by atoms with Gasteiger partial charge in [-0.25, -0.2) is 4.79 Å². The molecule has 2 heterocycles. The lowest BCUT2D eigenvalue weighted by molar-refractivity contribution is -0.0413. The first-order valence-corrected chi connectivity index (χ1v) is 25.0. The Hall–Kier alpha value is -1.84. The van der Waals surface area contributed by atoms with Gasteiger partial charge >= 0.3 is 15.8 Å². The minimum atomic E-state index is -4.33. The van der Waals surface area contributed by atoms with Crippen molar-refractivity contribution in [2.24, 2.45) is 0 Å². The highest BCUT2D eigenvalue weighted by atomic mass is 32.2. The van der Waals surface area contributed by atoms with Crippen LogP contribution in [0.2, 0.25) is 36.3 Å². The molecule has 2 aromatic rings. The van der Waals surface area contributed by atoms with Crippen LogP contribution in [0.3, 0.4) is 0 Å². The summed E-state index contributed by atoms with van der Waals surface area (Å²) in [5.41, 5.74) is 2.22. The van der Waals surface area contributed by atoms with Crippen molar-refractivity contribution in [2.75, 3.05) is 6.61 Å². The third-order valence-corrected chi connectivity index (χ3v) is 21.1. The maximum absolute atomic E-state index is 14.0. The summed E-state index contributed by atoms with van der Waals surface area (Å²) in [6.45, 7) is 36.2. The zero-order valence-electron chi connectivity index (χ0n) is 33.3. The molecule has 278 valence electrons. The first kappa shape index (κ1) is 41.6. The van der Waals surface area contributed by atoms with Crippen LogP contribution in [-0.4, -0.2) is 53.4 Å². The highest BCUT2D eigenvalue weighted by Gasteiger charge is 2.47. The minimum absolute atomic E-state index is 0.0185. The van der Waals surface area contributed by atoms with Gasteiger partial charge in [-0.05, 0) is 77.6 Å². The van der Waals surface area contributed by atoms with Crippen molar-refractivity contribution in [3.05, 3.63) is 51.1 Å². The van der Waals surface area contributed by atoms with Crippen LogP contribution in [0, 0.1) is 6.92 Å². The molecular formula is C37H64N2O7SSi2. The molecule has 12 heteroatoms. The van der Waals surface area contributed by atoms with E-state index in [1.807, 2.05) is 39.8 Å². The average molecular weight is 737 g/mol. The Bertz CT molecular complexity index is 1620. The van der Waals surface area contributed by atoms with E-state index >= 15 is 0 Å². The molecule has 9 nitrogen and oxygen atoms in total. The Labute approximate surface area is 298 Å². The maximum Gasteiger partial charge on any atom is 0.353 e. The van der Waals surface area contributed by atoms with E-state index in [1.54, 1.807) is 13.1 Å². The molecule has 1 fully saturated rings. The van der Waals surface area contributed by atoms with Crippen LogP contribution in [0.25, 0.3) is 0 Å². The van der Waals surface area contributed by atoms with Crippen molar-refractivity contribution in [1.29, 1.82) is 0 Å². The lowest BCUT2D eigenvalue weighted by atomic mass is 9.89. The average Bonchev–Trinajstić information content (AvgIpc) is 3.32. The van der Waals surface area contributed by atoms with Crippen LogP contribution in [-0.2, 0) is 23.7 Å². The fraction of sp³-hybridized carbons (Fsp3) is 0.730. The van der Waals surface area contributed by atoms with Crippen LogP contribution in [0.1, 0.15) is 136 Å². The summed E-state index contributed by atoms with van der Waals surface area (Å²) in [5, 5.41) is 0.00657. The van der Waals surface area contributed by atoms with Crippen LogP contribution in [0.4, 0.5) is 0 Å². The summed E-state index contributed by atoms with van der Waals surface area (Å²) in [5.74, 6) is -0.141. The van der Waals surface area contributed by atoms with Crippen molar-refractivity contribution in [3.8, 4) is 5.88 Å². The first-order valence-electron chi connectivity index (χ1n) is 17.8. The molecule has 0 N–H and O–H groups in total. The van der Waals surface area contributed by atoms with Crippen molar-refractivity contribution in [1.82, 2.24) is 9.55 Å². The molecule has 0 radical (unpaired) electrons. The van der Waals surface area contributed by atoms with Gasteiger partial charge in [0.15, 0.2) is 16.6 Å². The Balaban J connectivity index is 2.01. The molecular weight excluding hydrogens is 673 g/mol. The molecule has 0 spiro atoms. The second-order valence-electron chi connectivity index (χ2n) is 17.8. The summed E-state index contributed by atoms with van der Waals surface area (Å²) >= 11 is 0. The molecule has 1 aromatic heterocycles. The number of benzene rings is 1. The minimum Gasteiger partial charge on any atom is -0.414 e. The Kier molecular flexibility index (Phi) is 12.4. The molecule has 0 amide bonds. The molecule has 3 atom stereocenters. The Morgan fingerprint density at radius 1 is 0.898 bits per heavy atom. The van der Waals surface area contributed by atoms with Crippen molar-refractivity contribution in [2.45, 2.75) is 174 Å². The Morgan fingerprint density at radius 3 is 1.86 bits per heavy atom. The van der Waals surface area contributed by atoms with Crippen molar-refractivity contribution < 1.29 is 26.2 Å². The molecule has 3 rings (SSSR count). The first-order chi connectivity index (χ1) is 22.1. The van der Waals surface area contributed by atoms with Gasteiger partial charge in [-0.3, -0.25) is 4.57 Å². The summed E-state index contributed by atoms with van der Waals surface area (Å²) < 4.78 is 55.3. The van der Waals surface area contributed by atoms with Gasteiger partial charge in [0, 0.05) is 18.2 Å². The van der Waals surface area contributed by atoms with Gasteiger partial charge in [0.1, 0.15) is 17.2 Å². The number of aromatic nitrogens is 2. The number of hydrogen-bond acceptors (Lipinski definition) is 8. The van der Waals surface area contributed by atoms with Gasteiger partial charge in [0.25, 0.3) is 0 Å². The Morgan fingerprint density at radius 2 is 1.41 bits per heavy atom. The lowest BCUT2D eigenvalue weighted by Gasteiger charge is -2.40. The molecule has 1 saturated heterocycles. The topological polar surface area (TPSA) is 106 Å². The summed E-state index contributed by atoms with van der Waals surface area (Å²) in [4.78, 5) is 17.9. The van der Waals surface area contributed by atoms with E-state index in [2.05, 4.69) is 86.6 Å². The highest BCUT2D eigenvalue weighted by molar-refractivity contribution is 7.87. The quantitative estimate of drug-likeness (QED) is 0.157. The van der Waals surface area contributed by atoms with Crippen LogP contribution in [0.5, 0.6) is 5.88 Å². The fourth-order valence-corrected chi connectivity index (χ4v) is 9.37. The van der Waals surface area contributed by atoms with E-state index < -0.39 is 38.7 Å². The fourth-order valence-electron chi connectivity index (χ4n) is 5.37. The number of rotatable bonds is 12. The molecule has 0 saturated carbocycles. The number of aryl methyl sites for hydroxylation is 1. The van der Waals surface area contributed by atoms with Crippen LogP contribution in [0.15, 0.2) is 28.0 Å². The van der Waals surface area contributed by atoms with E-state index in [4.69, 9.17) is 17.8 Å². The normalized spacial score (nSPS) is 19.8. The predicted molar refractivity (Wildman–Crippen MR) is 204 cm³/mol. The van der Waals surface area contributed by atoms with Gasteiger partial charge in [-0.15, -0.1) is 0 Å². The summed E-state index contributed by atoms with van der Waals surface area (Å²) in [6.07, 6.45) is 0.706. The lowest BCUT2D eigenvalue weighted by Crippen LogP contribution is -2.48. The van der Waals surface area contributed by atoms with Gasteiger partial charge in [-0.2, -0.15) is 13.4 Å². The van der Waals surface area contributed by atoms with Crippen molar-refractivity contribution >= 4 is 26.8 Å². The molecule has 1 aliphatic rings. The predicted octanol–water partition coefficient (Wildman–Crippen LogP) is 9.39. The molecule has 3 unspecified atom stereocenters. The van der Waals surface area contributed by atoms with E-state index in [9.17, 15) is 13.2 Å². The molecule has 0 aliphatic carbocycles.